The van der Waals surface area contributed by atoms with Crippen LogP contribution in [0, 0.1) is 0 Å². The lowest BCUT2D eigenvalue weighted by molar-refractivity contribution is -0.121. The van der Waals surface area contributed by atoms with Crippen LogP contribution in [-0.2, 0) is 27.9 Å². The molecule has 6 nitrogen and oxygen atoms in total. The number of nitrogens with zero attached hydrogens (tertiary/aromatic N) is 2. The summed E-state index contributed by atoms with van der Waals surface area (Å²) in [5, 5.41) is 4.67. The Kier molecular flexibility index (Phi) is 7.97. The summed E-state index contributed by atoms with van der Waals surface area (Å²) in [4.78, 5) is 14.2. The van der Waals surface area contributed by atoms with Crippen molar-refractivity contribution in [2.24, 2.45) is 0 Å². The van der Waals surface area contributed by atoms with Crippen LogP contribution in [0.25, 0.3) is 0 Å². The fourth-order valence-electron chi connectivity index (χ4n) is 2.65. The topological polar surface area (TPSA) is 69.7 Å². The van der Waals surface area contributed by atoms with Crippen molar-refractivity contribution in [3.8, 4) is 0 Å². The zero-order chi connectivity index (χ0) is 19.9. The van der Waals surface area contributed by atoms with Gasteiger partial charge in [0.1, 0.15) is 4.21 Å². The lowest BCUT2D eigenvalue weighted by atomic mass is 10.1. The van der Waals surface area contributed by atoms with Crippen LogP contribution in [0.3, 0.4) is 0 Å². The van der Waals surface area contributed by atoms with Crippen LogP contribution >= 0.6 is 11.3 Å². The third-order valence-corrected chi connectivity index (χ3v) is 7.35. The number of hydrogen-bond acceptors (Lipinski definition) is 5. The Balaban J connectivity index is 1.79. The first-order chi connectivity index (χ1) is 12.8. The number of nitrogens with one attached hydrogen (secondary N) is 1. The normalized spacial score (nSPS) is 11.9. The highest BCUT2D eigenvalue weighted by atomic mass is 32.2. The van der Waals surface area contributed by atoms with Gasteiger partial charge in [-0.15, -0.1) is 11.3 Å². The zero-order valence-corrected chi connectivity index (χ0v) is 17.6. The van der Waals surface area contributed by atoms with E-state index < -0.39 is 10.0 Å². The van der Waals surface area contributed by atoms with Crippen molar-refractivity contribution in [2.75, 3.05) is 27.7 Å². The second-order valence-electron chi connectivity index (χ2n) is 6.65. The first kappa shape index (κ1) is 21.6. The Morgan fingerprint density at radius 2 is 1.78 bits per heavy atom. The van der Waals surface area contributed by atoms with Gasteiger partial charge in [0.2, 0.25) is 5.91 Å². The molecular weight excluding hydrogens is 382 g/mol. The molecule has 0 unspecified atom stereocenters. The first-order valence-corrected chi connectivity index (χ1v) is 11.1. The molecule has 0 spiro atoms. The van der Waals surface area contributed by atoms with Crippen LogP contribution in [0.4, 0.5) is 0 Å². The highest BCUT2D eigenvalue weighted by molar-refractivity contribution is 7.91. The van der Waals surface area contributed by atoms with Crippen LogP contribution in [0.1, 0.15) is 24.0 Å². The number of rotatable bonds is 10. The van der Waals surface area contributed by atoms with E-state index in [0.717, 1.165) is 12.1 Å². The molecule has 2 rings (SSSR count). The molecule has 2 aromatic rings. The minimum atomic E-state index is -3.45. The second-order valence-corrected chi connectivity index (χ2v) is 9.86. The maximum Gasteiger partial charge on any atom is 0.252 e. The molecule has 0 aliphatic heterocycles. The Labute approximate surface area is 165 Å². The summed E-state index contributed by atoms with van der Waals surface area (Å²) in [6, 6.07) is 11.3. The van der Waals surface area contributed by atoms with Crippen molar-refractivity contribution in [2.45, 2.75) is 30.1 Å². The van der Waals surface area contributed by atoms with Gasteiger partial charge < -0.3 is 10.2 Å². The molecule has 148 valence electrons. The predicted molar refractivity (Wildman–Crippen MR) is 109 cm³/mol. The van der Waals surface area contributed by atoms with Gasteiger partial charge in [-0.3, -0.25) is 4.79 Å². The molecule has 8 heteroatoms. The molecule has 0 fully saturated rings. The lowest BCUT2D eigenvalue weighted by Crippen LogP contribution is -2.29. The van der Waals surface area contributed by atoms with E-state index >= 15 is 0 Å². The number of thiophene rings is 1. The number of carbonyl (C=O) groups excluding carboxylic acids is 1. The summed E-state index contributed by atoms with van der Waals surface area (Å²) in [7, 11) is 2.12. The minimum Gasteiger partial charge on any atom is -0.352 e. The van der Waals surface area contributed by atoms with E-state index in [4.69, 9.17) is 0 Å². The Morgan fingerprint density at radius 1 is 1.07 bits per heavy atom. The summed E-state index contributed by atoms with van der Waals surface area (Å²) in [6.07, 6.45) is 0.770. The Hall–Kier alpha value is -1.74. The molecule has 0 radical (unpaired) electrons. The van der Waals surface area contributed by atoms with Crippen molar-refractivity contribution >= 4 is 27.3 Å². The van der Waals surface area contributed by atoms with E-state index in [1.165, 1.54) is 21.2 Å². The van der Waals surface area contributed by atoms with Gasteiger partial charge in [-0.2, -0.15) is 0 Å². The fourth-order valence-corrected chi connectivity index (χ4v) is 5.06. The molecule has 1 aromatic heterocycles. The molecule has 0 aliphatic rings. The van der Waals surface area contributed by atoms with Crippen LogP contribution in [0.2, 0.25) is 0 Å². The third-order valence-electron chi connectivity index (χ3n) is 4.12. The predicted octanol–water partition coefficient (Wildman–Crippen LogP) is 2.53. The van der Waals surface area contributed by atoms with Crippen molar-refractivity contribution in [1.29, 1.82) is 0 Å². The van der Waals surface area contributed by atoms with Gasteiger partial charge in [0.15, 0.2) is 0 Å². The molecule has 0 aliphatic carbocycles. The molecule has 27 heavy (non-hydrogen) atoms. The molecular formula is C19H27N3O3S2. The van der Waals surface area contributed by atoms with Gasteiger partial charge in [-0.1, -0.05) is 30.3 Å². The highest BCUT2D eigenvalue weighted by Gasteiger charge is 2.21. The van der Waals surface area contributed by atoms with Crippen molar-refractivity contribution in [3.05, 3.63) is 52.9 Å². The van der Waals surface area contributed by atoms with Crippen LogP contribution in [-0.4, -0.2) is 51.2 Å². The Bertz CT molecular complexity index is 834. The van der Waals surface area contributed by atoms with E-state index in [1.54, 1.807) is 24.6 Å². The summed E-state index contributed by atoms with van der Waals surface area (Å²) in [6.45, 7) is 1.61. The number of sulfonamides is 1. The monoisotopic (exact) mass is 409 g/mol. The third kappa shape index (κ3) is 6.42. The van der Waals surface area contributed by atoms with Crippen molar-refractivity contribution < 1.29 is 13.2 Å². The van der Waals surface area contributed by atoms with Gasteiger partial charge in [0.25, 0.3) is 10.0 Å². The maximum absolute atomic E-state index is 12.3. The second kappa shape index (κ2) is 9.98. The van der Waals surface area contributed by atoms with Gasteiger partial charge in [-0.05, 0) is 43.1 Å². The molecule has 1 N–H and O–H groups in total. The number of hydrogen-bond donors (Lipinski definition) is 1. The SMILES string of the molecule is CN(C)Cc1ccccc1CNC(=O)CCCN(C)S(=O)(=O)c1cccs1. The van der Waals surface area contributed by atoms with E-state index in [1.807, 2.05) is 32.3 Å². The minimum absolute atomic E-state index is 0.0726. The molecule has 1 amide bonds. The molecule has 1 heterocycles. The largest absolute Gasteiger partial charge is 0.352 e. The standard InChI is InChI=1S/C19H27N3O3S2/c1-21(2)15-17-9-5-4-8-16(17)14-20-18(23)10-6-12-22(3)27(24,25)19-11-7-13-26-19/h4-5,7-9,11,13H,6,10,12,14-15H2,1-3H3,(H,20,23). The molecule has 1 aromatic carbocycles. The molecule has 0 saturated carbocycles. The summed E-state index contributed by atoms with van der Waals surface area (Å²) >= 11 is 1.20. The molecule has 0 bridgehead atoms. The van der Waals surface area contributed by atoms with Crippen LogP contribution in [0.5, 0.6) is 0 Å². The van der Waals surface area contributed by atoms with E-state index in [0.29, 0.717) is 30.1 Å². The molecule has 0 saturated heterocycles. The smallest absolute Gasteiger partial charge is 0.252 e. The lowest BCUT2D eigenvalue weighted by Gasteiger charge is -2.16. The fraction of sp³-hybridized carbons (Fsp3) is 0.421. The number of amides is 1. The molecule has 0 atom stereocenters. The van der Waals surface area contributed by atoms with Gasteiger partial charge in [0, 0.05) is 33.1 Å². The number of carbonyl (C=O) groups is 1. The average Bonchev–Trinajstić information content (AvgIpc) is 3.16. The maximum atomic E-state index is 12.3. The van der Waals surface area contributed by atoms with Crippen LogP contribution in [0.15, 0.2) is 46.0 Å². The van der Waals surface area contributed by atoms with E-state index in [-0.39, 0.29) is 5.91 Å². The summed E-state index contributed by atoms with van der Waals surface area (Å²) in [5.41, 5.74) is 2.28. The van der Waals surface area contributed by atoms with Gasteiger partial charge >= 0.3 is 0 Å². The summed E-state index contributed by atoms with van der Waals surface area (Å²) < 4.78 is 26.3. The average molecular weight is 410 g/mol. The van der Waals surface area contributed by atoms with Crippen LogP contribution < -0.4 is 5.32 Å². The van der Waals surface area contributed by atoms with E-state index in [2.05, 4.69) is 16.3 Å². The first-order valence-electron chi connectivity index (χ1n) is 8.78. The van der Waals surface area contributed by atoms with Crippen molar-refractivity contribution in [1.82, 2.24) is 14.5 Å². The zero-order valence-electron chi connectivity index (χ0n) is 16.0. The van der Waals surface area contributed by atoms with Gasteiger partial charge in [-0.25, -0.2) is 12.7 Å². The summed E-state index contributed by atoms with van der Waals surface area (Å²) in [5.74, 6) is -0.0726. The van der Waals surface area contributed by atoms with Crippen molar-refractivity contribution in [3.63, 3.8) is 0 Å². The van der Waals surface area contributed by atoms with Gasteiger partial charge in [0.05, 0.1) is 0 Å². The highest BCUT2D eigenvalue weighted by Crippen LogP contribution is 2.20. The quantitative estimate of drug-likeness (QED) is 0.655. The van der Waals surface area contributed by atoms with E-state index in [9.17, 15) is 13.2 Å². The Morgan fingerprint density at radius 3 is 2.41 bits per heavy atom. The number of benzene rings is 1.